The Balaban J connectivity index is 2.40. The Hall–Kier alpha value is -1.49. The maximum Gasteiger partial charge on any atom is 0.305 e. The lowest BCUT2D eigenvalue weighted by Gasteiger charge is -2.03. The van der Waals surface area contributed by atoms with Gasteiger partial charge < -0.3 is 9.84 Å². The third-order valence-electron chi connectivity index (χ3n) is 1.65. The predicted octanol–water partition coefficient (Wildman–Crippen LogP) is 1.96. The summed E-state index contributed by atoms with van der Waals surface area (Å²) in [6.45, 7) is 0.0232. The molecule has 0 spiro atoms. The largest absolute Gasteiger partial charge is 0.481 e. The van der Waals surface area contributed by atoms with Crippen molar-refractivity contribution in [3.8, 4) is 0 Å². The Bertz CT molecular complexity index is 332. The number of halogens is 2. The van der Waals surface area contributed by atoms with Gasteiger partial charge in [-0.2, -0.15) is 0 Å². The second-order valence-electron chi connectivity index (χ2n) is 2.97. The summed E-state index contributed by atoms with van der Waals surface area (Å²) in [5.41, 5.74) is 0.345. The molecule has 1 aromatic rings. The van der Waals surface area contributed by atoms with Gasteiger partial charge >= 0.3 is 5.97 Å². The van der Waals surface area contributed by atoms with Crippen molar-refractivity contribution < 1.29 is 23.4 Å². The zero-order valence-corrected chi connectivity index (χ0v) is 7.87. The van der Waals surface area contributed by atoms with E-state index in [-0.39, 0.29) is 19.6 Å². The molecule has 0 aliphatic heterocycles. The van der Waals surface area contributed by atoms with Crippen LogP contribution in [-0.2, 0) is 16.1 Å². The van der Waals surface area contributed by atoms with Crippen LogP contribution in [0.2, 0.25) is 0 Å². The van der Waals surface area contributed by atoms with Crippen molar-refractivity contribution in [1.29, 1.82) is 0 Å². The van der Waals surface area contributed by atoms with Crippen LogP contribution in [0.4, 0.5) is 8.78 Å². The van der Waals surface area contributed by atoms with Gasteiger partial charge in [0.2, 0.25) is 0 Å². The summed E-state index contributed by atoms with van der Waals surface area (Å²) >= 11 is 0. The summed E-state index contributed by atoms with van der Waals surface area (Å²) in [4.78, 5) is 10.1. The number of hydrogen-bond acceptors (Lipinski definition) is 2. The first-order valence-corrected chi connectivity index (χ1v) is 4.32. The lowest BCUT2D eigenvalue weighted by molar-refractivity contribution is -0.138. The van der Waals surface area contributed by atoms with Gasteiger partial charge in [-0.25, -0.2) is 8.78 Å². The molecule has 0 radical (unpaired) electrons. The summed E-state index contributed by atoms with van der Waals surface area (Å²) < 4.78 is 30.3. The van der Waals surface area contributed by atoms with E-state index in [4.69, 9.17) is 9.84 Å². The molecule has 0 aromatic heterocycles. The number of carboxylic acid groups (broad SMARTS) is 1. The minimum absolute atomic E-state index is 0.00194. The van der Waals surface area contributed by atoms with E-state index in [0.717, 1.165) is 18.2 Å². The zero-order valence-electron chi connectivity index (χ0n) is 7.87. The molecule has 5 heteroatoms. The molecule has 0 saturated carbocycles. The summed E-state index contributed by atoms with van der Waals surface area (Å²) in [5, 5.41) is 8.30. The molecule has 0 heterocycles. The van der Waals surface area contributed by atoms with E-state index in [1.54, 1.807) is 0 Å². The molecule has 0 aliphatic carbocycles. The van der Waals surface area contributed by atoms with Crippen LogP contribution in [0.5, 0.6) is 0 Å². The highest BCUT2D eigenvalue weighted by molar-refractivity contribution is 5.66. The van der Waals surface area contributed by atoms with E-state index < -0.39 is 17.6 Å². The molecule has 0 atom stereocenters. The van der Waals surface area contributed by atoms with Gasteiger partial charge in [-0.3, -0.25) is 4.79 Å². The molecule has 0 aliphatic rings. The molecule has 3 nitrogen and oxygen atoms in total. The van der Waals surface area contributed by atoms with Crippen LogP contribution in [0.3, 0.4) is 0 Å². The molecular formula is C10H10F2O3. The van der Waals surface area contributed by atoms with Crippen molar-refractivity contribution in [3.63, 3.8) is 0 Å². The highest BCUT2D eigenvalue weighted by atomic mass is 19.1. The van der Waals surface area contributed by atoms with Gasteiger partial charge in [0.05, 0.1) is 19.6 Å². The number of benzene rings is 1. The van der Waals surface area contributed by atoms with E-state index in [9.17, 15) is 13.6 Å². The minimum Gasteiger partial charge on any atom is -0.481 e. The third kappa shape index (κ3) is 4.51. The van der Waals surface area contributed by atoms with Crippen LogP contribution in [-0.4, -0.2) is 17.7 Å². The minimum atomic E-state index is -0.972. The number of rotatable bonds is 5. The van der Waals surface area contributed by atoms with E-state index in [1.165, 1.54) is 0 Å². The van der Waals surface area contributed by atoms with E-state index in [2.05, 4.69) is 0 Å². The molecule has 0 bridgehead atoms. The fourth-order valence-electron chi connectivity index (χ4n) is 1.04. The van der Waals surface area contributed by atoms with Crippen LogP contribution >= 0.6 is 0 Å². The molecule has 15 heavy (non-hydrogen) atoms. The normalized spacial score (nSPS) is 10.3. The van der Waals surface area contributed by atoms with Crippen molar-refractivity contribution in [1.82, 2.24) is 0 Å². The summed E-state index contributed by atoms with van der Waals surface area (Å²) in [7, 11) is 0. The maximum atomic E-state index is 12.7. The average molecular weight is 216 g/mol. The van der Waals surface area contributed by atoms with Gasteiger partial charge in [-0.1, -0.05) is 0 Å². The average Bonchev–Trinajstić information content (AvgIpc) is 2.10. The van der Waals surface area contributed by atoms with Crippen molar-refractivity contribution in [2.45, 2.75) is 13.0 Å². The van der Waals surface area contributed by atoms with Crippen LogP contribution in [0.25, 0.3) is 0 Å². The topological polar surface area (TPSA) is 46.5 Å². The second kappa shape index (κ2) is 5.41. The molecule has 1 aromatic carbocycles. The summed E-state index contributed by atoms with van der Waals surface area (Å²) in [6.07, 6.45) is -0.127. The first-order valence-electron chi connectivity index (χ1n) is 4.32. The number of ether oxygens (including phenoxy) is 1. The SMILES string of the molecule is O=C(O)CCOCc1cc(F)cc(F)c1. The fourth-order valence-corrected chi connectivity index (χ4v) is 1.04. The van der Waals surface area contributed by atoms with Crippen molar-refractivity contribution in [3.05, 3.63) is 35.4 Å². The van der Waals surface area contributed by atoms with Gasteiger partial charge in [0.1, 0.15) is 11.6 Å². The second-order valence-corrected chi connectivity index (χ2v) is 2.97. The van der Waals surface area contributed by atoms with Crippen LogP contribution in [0.15, 0.2) is 18.2 Å². The lowest BCUT2D eigenvalue weighted by atomic mass is 10.2. The Morgan fingerprint density at radius 2 is 1.87 bits per heavy atom. The lowest BCUT2D eigenvalue weighted by Crippen LogP contribution is -2.03. The molecule has 0 unspecified atom stereocenters. The van der Waals surface area contributed by atoms with Crippen molar-refractivity contribution in [2.24, 2.45) is 0 Å². The number of hydrogen-bond donors (Lipinski definition) is 1. The Morgan fingerprint density at radius 1 is 1.27 bits per heavy atom. The van der Waals surface area contributed by atoms with Crippen LogP contribution in [0, 0.1) is 11.6 Å². The molecule has 0 fully saturated rings. The number of carboxylic acids is 1. The molecule has 1 rings (SSSR count). The first kappa shape index (κ1) is 11.6. The zero-order chi connectivity index (χ0) is 11.3. The number of carbonyl (C=O) groups is 1. The molecular weight excluding hydrogens is 206 g/mol. The highest BCUT2D eigenvalue weighted by Crippen LogP contribution is 2.08. The van der Waals surface area contributed by atoms with E-state index in [0.29, 0.717) is 5.56 Å². The maximum absolute atomic E-state index is 12.7. The Labute approximate surface area is 85.3 Å². The monoisotopic (exact) mass is 216 g/mol. The Kier molecular flexibility index (Phi) is 4.17. The van der Waals surface area contributed by atoms with E-state index in [1.807, 2.05) is 0 Å². The number of aliphatic carboxylic acids is 1. The van der Waals surface area contributed by atoms with Gasteiger partial charge in [0.25, 0.3) is 0 Å². The molecule has 1 N–H and O–H groups in total. The van der Waals surface area contributed by atoms with Gasteiger partial charge in [0, 0.05) is 6.07 Å². The van der Waals surface area contributed by atoms with Gasteiger partial charge in [-0.15, -0.1) is 0 Å². The summed E-state index contributed by atoms with van der Waals surface area (Å²) in [6, 6.07) is 3.05. The van der Waals surface area contributed by atoms with Crippen LogP contribution in [0.1, 0.15) is 12.0 Å². The third-order valence-corrected chi connectivity index (χ3v) is 1.65. The van der Waals surface area contributed by atoms with Gasteiger partial charge in [-0.05, 0) is 17.7 Å². The Morgan fingerprint density at radius 3 is 2.40 bits per heavy atom. The van der Waals surface area contributed by atoms with Crippen molar-refractivity contribution >= 4 is 5.97 Å². The summed E-state index contributed by atoms with van der Waals surface area (Å²) in [5.74, 6) is -2.32. The smallest absolute Gasteiger partial charge is 0.305 e. The molecule has 0 saturated heterocycles. The van der Waals surface area contributed by atoms with Crippen molar-refractivity contribution in [2.75, 3.05) is 6.61 Å². The highest BCUT2D eigenvalue weighted by Gasteiger charge is 2.01. The van der Waals surface area contributed by atoms with Crippen LogP contribution < -0.4 is 0 Å². The molecule has 82 valence electrons. The molecule has 0 amide bonds. The predicted molar refractivity (Wildman–Crippen MR) is 48.3 cm³/mol. The van der Waals surface area contributed by atoms with Gasteiger partial charge in [0.15, 0.2) is 0 Å². The fraction of sp³-hybridized carbons (Fsp3) is 0.300. The van der Waals surface area contributed by atoms with E-state index >= 15 is 0 Å². The quantitative estimate of drug-likeness (QED) is 0.765. The standard InChI is InChI=1S/C10H10F2O3/c11-8-3-7(4-9(12)5-8)6-15-2-1-10(13)14/h3-5H,1-2,6H2,(H,13,14). The first-order chi connectivity index (χ1) is 7.08.